The van der Waals surface area contributed by atoms with Crippen LogP contribution >= 0.6 is 0 Å². The molecular formula is C26H25BN2O2. The molecule has 0 spiro atoms. The van der Waals surface area contributed by atoms with E-state index in [4.69, 9.17) is 9.31 Å². The zero-order valence-electron chi connectivity index (χ0n) is 18.3. The lowest BCUT2D eigenvalue weighted by Crippen LogP contribution is -2.41. The molecule has 0 aliphatic carbocycles. The summed E-state index contributed by atoms with van der Waals surface area (Å²) in [6.45, 7) is 8.76. The highest BCUT2D eigenvalue weighted by Crippen LogP contribution is 2.37. The van der Waals surface area contributed by atoms with Gasteiger partial charge in [0.15, 0.2) is 0 Å². The highest BCUT2D eigenvalue weighted by molar-refractivity contribution is 6.62. The van der Waals surface area contributed by atoms with Gasteiger partial charge in [0.2, 0.25) is 0 Å². The lowest BCUT2D eigenvalue weighted by molar-refractivity contribution is 0.00578. The maximum absolute atomic E-state index is 9.91. The molecule has 1 aromatic heterocycles. The molecule has 0 bridgehead atoms. The Bertz CT molecular complexity index is 1280. The fourth-order valence-corrected chi connectivity index (χ4v) is 4.41. The van der Waals surface area contributed by atoms with Crippen molar-refractivity contribution in [3.8, 4) is 6.07 Å². The van der Waals surface area contributed by atoms with Gasteiger partial charge in [0, 0.05) is 28.4 Å². The predicted octanol–water partition coefficient (Wildman–Crippen LogP) is 5.01. The van der Waals surface area contributed by atoms with Crippen molar-refractivity contribution in [3.63, 3.8) is 0 Å². The van der Waals surface area contributed by atoms with Crippen molar-refractivity contribution >= 4 is 34.4 Å². The van der Waals surface area contributed by atoms with Gasteiger partial charge in [0.25, 0.3) is 0 Å². The van der Waals surface area contributed by atoms with Gasteiger partial charge in [-0.1, -0.05) is 48.5 Å². The van der Waals surface area contributed by atoms with Gasteiger partial charge in [-0.3, -0.25) is 0 Å². The molecule has 4 nitrogen and oxygen atoms in total. The molecule has 1 fully saturated rings. The summed E-state index contributed by atoms with van der Waals surface area (Å²) in [4.78, 5) is 0. The quantitative estimate of drug-likeness (QED) is 0.448. The van der Waals surface area contributed by atoms with E-state index in [0.717, 1.165) is 22.1 Å². The number of para-hydroxylation sites is 2. The van der Waals surface area contributed by atoms with Crippen molar-refractivity contribution in [1.82, 2.24) is 4.57 Å². The number of nitrogens with zero attached hydrogens (tertiary/aromatic N) is 2. The fourth-order valence-electron chi connectivity index (χ4n) is 4.41. The average Bonchev–Trinajstić information content (AvgIpc) is 3.18. The summed E-state index contributed by atoms with van der Waals surface area (Å²) in [6.07, 6.45) is 0. The van der Waals surface area contributed by atoms with Gasteiger partial charge in [-0.2, -0.15) is 5.26 Å². The van der Waals surface area contributed by atoms with E-state index in [1.807, 2.05) is 45.9 Å². The second kappa shape index (κ2) is 6.98. The van der Waals surface area contributed by atoms with E-state index in [9.17, 15) is 5.26 Å². The molecule has 1 saturated heterocycles. The molecule has 4 aromatic rings. The van der Waals surface area contributed by atoms with Crippen LogP contribution in [0.4, 0.5) is 0 Å². The molecule has 5 rings (SSSR count). The minimum absolute atomic E-state index is 0.440. The third kappa shape index (κ3) is 3.06. The highest BCUT2D eigenvalue weighted by atomic mass is 16.7. The smallest absolute Gasteiger partial charge is 0.399 e. The number of fused-ring (bicyclic) bond motifs is 3. The molecule has 0 amide bonds. The fraction of sp³-hybridized carbons (Fsp3) is 0.269. The standard InChI is InChI=1S/C26H25BN2O2/c1-25(2)26(3,4)31-27(30-25)22-13-9-10-18(16-28)21(22)17-29-23-14-7-5-11-19(23)20-12-6-8-15-24(20)29/h5-15H,17H2,1-4H3. The lowest BCUT2D eigenvalue weighted by atomic mass is 9.74. The largest absolute Gasteiger partial charge is 0.495 e. The summed E-state index contributed by atoms with van der Waals surface area (Å²) in [7, 11) is -0.513. The number of rotatable bonds is 3. The second-order valence-electron chi connectivity index (χ2n) is 9.19. The lowest BCUT2D eigenvalue weighted by Gasteiger charge is -2.32. The zero-order chi connectivity index (χ0) is 21.8. The third-order valence-electron chi connectivity index (χ3n) is 6.84. The molecule has 31 heavy (non-hydrogen) atoms. The van der Waals surface area contributed by atoms with Crippen LogP contribution in [0, 0.1) is 11.3 Å². The minimum atomic E-state index is -0.513. The van der Waals surface area contributed by atoms with Gasteiger partial charge in [-0.15, -0.1) is 0 Å². The van der Waals surface area contributed by atoms with Crippen molar-refractivity contribution < 1.29 is 9.31 Å². The van der Waals surface area contributed by atoms with E-state index < -0.39 is 18.3 Å². The van der Waals surface area contributed by atoms with Gasteiger partial charge < -0.3 is 13.9 Å². The number of hydrogen-bond acceptors (Lipinski definition) is 3. The Morgan fingerprint density at radius 1 is 0.806 bits per heavy atom. The van der Waals surface area contributed by atoms with Crippen molar-refractivity contribution in [2.75, 3.05) is 0 Å². The number of aromatic nitrogens is 1. The molecule has 2 heterocycles. The highest BCUT2D eigenvalue weighted by Gasteiger charge is 2.52. The normalized spacial score (nSPS) is 17.3. The summed E-state index contributed by atoms with van der Waals surface area (Å²) in [5.74, 6) is 0. The van der Waals surface area contributed by atoms with Gasteiger partial charge in [-0.05, 0) is 56.9 Å². The van der Waals surface area contributed by atoms with Gasteiger partial charge in [-0.25, -0.2) is 0 Å². The molecular weight excluding hydrogens is 383 g/mol. The molecule has 0 radical (unpaired) electrons. The molecule has 0 saturated carbocycles. The van der Waals surface area contributed by atoms with E-state index >= 15 is 0 Å². The number of benzene rings is 3. The monoisotopic (exact) mass is 408 g/mol. The van der Waals surface area contributed by atoms with Crippen molar-refractivity contribution in [2.45, 2.75) is 45.4 Å². The van der Waals surface area contributed by atoms with E-state index in [1.54, 1.807) is 0 Å². The van der Waals surface area contributed by atoms with Crippen LogP contribution in [0.15, 0.2) is 66.7 Å². The summed E-state index contributed by atoms with van der Waals surface area (Å²) in [6, 6.07) is 25.0. The van der Waals surface area contributed by atoms with Crippen LogP contribution in [0.25, 0.3) is 21.8 Å². The molecule has 0 unspecified atom stereocenters. The van der Waals surface area contributed by atoms with E-state index in [0.29, 0.717) is 12.1 Å². The van der Waals surface area contributed by atoms with Gasteiger partial charge in [0.1, 0.15) is 0 Å². The van der Waals surface area contributed by atoms with E-state index in [2.05, 4.69) is 59.2 Å². The molecule has 1 aliphatic heterocycles. The summed E-state index contributed by atoms with van der Waals surface area (Å²) in [5.41, 5.74) is 3.92. The number of nitriles is 1. The van der Waals surface area contributed by atoms with Crippen LogP contribution in [0.1, 0.15) is 38.8 Å². The van der Waals surface area contributed by atoms with Crippen LogP contribution in [0.3, 0.4) is 0 Å². The molecule has 154 valence electrons. The van der Waals surface area contributed by atoms with Crippen LogP contribution in [-0.2, 0) is 15.9 Å². The predicted molar refractivity (Wildman–Crippen MR) is 125 cm³/mol. The molecule has 0 N–H and O–H groups in total. The Balaban J connectivity index is 1.68. The first-order valence-corrected chi connectivity index (χ1v) is 10.7. The summed E-state index contributed by atoms with van der Waals surface area (Å²) in [5, 5.41) is 12.3. The Morgan fingerprint density at radius 3 is 1.90 bits per heavy atom. The molecule has 1 aliphatic rings. The van der Waals surface area contributed by atoms with Crippen LogP contribution < -0.4 is 5.46 Å². The SMILES string of the molecule is CC1(C)OB(c2cccc(C#N)c2Cn2c3ccccc3c3ccccc32)OC1(C)C. The zero-order valence-corrected chi connectivity index (χ0v) is 18.3. The average molecular weight is 408 g/mol. The van der Waals surface area contributed by atoms with Crippen molar-refractivity contribution in [3.05, 3.63) is 77.9 Å². The van der Waals surface area contributed by atoms with Crippen LogP contribution in [0.2, 0.25) is 0 Å². The maximum atomic E-state index is 9.91. The third-order valence-corrected chi connectivity index (χ3v) is 6.84. The first-order chi connectivity index (χ1) is 14.8. The van der Waals surface area contributed by atoms with E-state index in [-0.39, 0.29) is 0 Å². The first kappa shape index (κ1) is 19.9. The van der Waals surface area contributed by atoms with Crippen molar-refractivity contribution in [1.29, 1.82) is 5.26 Å². The second-order valence-corrected chi connectivity index (χ2v) is 9.19. The summed E-state index contributed by atoms with van der Waals surface area (Å²) < 4.78 is 15.0. The van der Waals surface area contributed by atoms with Crippen molar-refractivity contribution in [2.24, 2.45) is 0 Å². The molecule has 0 atom stereocenters. The maximum Gasteiger partial charge on any atom is 0.495 e. The topological polar surface area (TPSA) is 47.2 Å². The Kier molecular flexibility index (Phi) is 4.48. The number of hydrogen-bond donors (Lipinski definition) is 0. The first-order valence-electron chi connectivity index (χ1n) is 10.7. The minimum Gasteiger partial charge on any atom is -0.399 e. The Labute approximate surface area is 183 Å². The van der Waals surface area contributed by atoms with Crippen LogP contribution in [-0.4, -0.2) is 22.9 Å². The molecule has 5 heteroatoms. The Hall–Kier alpha value is -3.07. The van der Waals surface area contributed by atoms with Crippen LogP contribution in [0.5, 0.6) is 0 Å². The Morgan fingerprint density at radius 2 is 1.35 bits per heavy atom. The van der Waals surface area contributed by atoms with Gasteiger partial charge in [0.05, 0.1) is 22.8 Å². The van der Waals surface area contributed by atoms with Gasteiger partial charge >= 0.3 is 7.12 Å². The summed E-state index contributed by atoms with van der Waals surface area (Å²) >= 11 is 0. The van der Waals surface area contributed by atoms with E-state index in [1.165, 1.54) is 10.8 Å². The molecule has 3 aromatic carbocycles.